The molecule has 0 aliphatic rings. The quantitative estimate of drug-likeness (QED) is 0.776. The van der Waals surface area contributed by atoms with Crippen LogP contribution in [0.25, 0.3) is 16.2 Å². The van der Waals surface area contributed by atoms with Crippen LogP contribution in [0.2, 0.25) is 0 Å². The topological polar surface area (TPSA) is 42.2 Å². The van der Waals surface area contributed by atoms with Crippen LogP contribution in [0, 0.1) is 5.82 Å². The van der Waals surface area contributed by atoms with Crippen LogP contribution in [0.3, 0.4) is 0 Å². The Bertz CT molecular complexity index is 704. The number of nitrogens with zero attached hydrogens (tertiary/aromatic N) is 3. The Morgan fingerprint density at radius 2 is 2.14 bits per heavy atom. The van der Waals surface area contributed by atoms with Gasteiger partial charge in [-0.3, -0.25) is 0 Å². The molecule has 0 bridgehead atoms. The molecule has 1 N–H and O–H groups in total. The summed E-state index contributed by atoms with van der Waals surface area (Å²) < 4.78 is 14.7. The second-order valence-corrected chi connectivity index (χ2v) is 6.63. The number of halogens is 1. The van der Waals surface area contributed by atoms with Crippen LogP contribution in [0.1, 0.15) is 6.92 Å². The van der Waals surface area contributed by atoms with Gasteiger partial charge in [0.15, 0.2) is 0 Å². The Hall–Kier alpha value is -1.60. The maximum absolute atomic E-state index is 12.9. The van der Waals surface area contributed by atoms with Gasteiger partial charge in [-0.2, -0.15) is 11.8 Å². The molecule has 0 saturated heterocycles. The van der Waals surface area contributed by atoms with E-state index in [2.05, 4.69) is 28.6 Å². The zero-order chi connectivity index (χ0) is 14.8. The molecule has 3 rings (SSSR count). The molecule has 2 heterocycles. The number of thioether (sulfide) groups is 1. The van der Waals surface area contributed by atoms with Crippen molar-refractivity contribution in [1.29, 1.82) is 0 Å². The minimum Gasteiger partial charge on any atom is -0.357 e. The number of fused-ring (bicyclic) bond motifs is 1. The van der Waals surface area contributed by atoms with Crippen LogP contribution in [0.15, 0.2) is 30.5 Å². The summed E-state index contributed by atoms with van der Waals surface area (Å²) in [5.41, 5.74) is 1.69. The monoisotopic (exact) mass is 322 g/mol. The van der Waals surface area contributed by atoms with Gasteiger partial charge in [-0.15, -0.1) is 5.10 Å². The maximum atomic E-state index is 12.9. The summed E-state index contributed by atoms with van der Waals surface area (Å²) in [6.07, 6.45) is 3.95. The molecule has 0 aliphatic heterocycles. The molecule has 1 atom stereocenters. The van der Waals surface area contributed by atoms with Crippen molar-refractivity contribution < 1.29 is 4.39 Å². The first-order valence-electron chi connectivity index (χ1n) is 6.53. The minimum absolute atomic E-state index is 0.243. The van der Waals surface area contributed by atoms with Crippen LogP contribution in [-0.4, -0.2) is 32.6 Å². The van der Waals surface area contributed by atoms with E-state index in [1.54, 1.807) is 28.4 Å². The van der Waals surface area contributed by atoms with E-state index >= 15 is 0 Å². The number of rotatable bonds is 5. The summed E-state index contributed by atoms with van der Waals surface area (Å²) in [5.74, 6) is 0.787. The van der Waals surface area contributed by atoms with E-state index in [0.29, 0.717) is 6.04 Å². The maximum Gasteiger partial charge on any atom is 0.214 e. The van der Waals surface area contributed by atoms with Crippen LogP contribution < -0.4 is 5.32 Å². The fourth-order valence-electron chi connectivity index (χ4n) is 2.02. The van der Waals surface area contributed by atoms with E-state index in [4.69, 9.17) is 0 Å². The Morgan fingerprint density at radius 1 is 1.38 bits per heavy atom. The number of hydrogen-bond donors (Lipinski definition) is 1. The molecule has 1 aromatic carbocycles. The number of nitrogens with one attached hydrogen (secondary N) is 1. The summed E-state index contributed by atoms with van der Waals surface area (Å²) >= 11 is 3.32. The Kier molecular flexibility index (Phi) is 4.12. The molecule has 3 aromatic rings. The van der Waals surface area contributed by atoms with Gasteiger partial charge in [-0.25, -0.2) is 13.9 Å². The lowest BCUT2D eigenvalue weighted by Gasteiger charge is -2.09. The third kappa shape index (κ3) is 3.19. The second-order valence-electron chi connectivity index (χ2n) is 4.77. The van der Waals surface area contributed by atoms with Crippen molar-refractivity contribution in [2.75, 3.05) is 17.3 Å². The van der Waals surface area contributed by atoms with Crippen molar-refractivity contribution in [2.45, 2.75) is 13.0 Å². The van der Waals surface area contributed by atoms with E-state index in [1.807, 2.05) is 6.20 Å². The van der Waals surface area contributed by atoms with Crippen LogP contribution in [-0.2, 0) is 0 Å². The van der Waals surface area contributed by atoms with Gasteiger partial charge in [0, 0.05) is 17.4 Å². The summed E-state index contributed by atoms with van der Waals surface area (Å²) in [7, 11) is 0. The highest BCUT2D eigenvalue weighted by Crippen LogP contribution is 2.25. The first-order chi connectivity index (χ1) is 10.2. The molecule has 0 aliphatic carbocycles. The molecular formula is C14H15FN4S2. The van der Waals surface area contributed by atoms with Crippen LogP contribution in [0.5, 0.6) is 0 Å². The second kappa shape index (κ2) is 6.03. The lowest BCUT2D eigenvalue weighted by Crippen LogP contribution is -2.17. The molecule has 0 fully saturated rings. The van der Waals surface area contributed by atoms with Crippen LogP contribution in [0.4, 0.5) is 9.52 Å². The summed E-state index contributed by atoms with van der Waals surface area (Å²) in [6, 6.07) is 6.69. The van der Waals surface area contributed by atoms with E-state index in [-0.39, 0.29) is 5.82 Å². The summed E-state index contributed by atoms with van der Waals surface area (Å²) in [5, 5.41) is 8.70. The molecule has 110 valence electrons. The van der Waals surface area contributed by atoms with Crippen molar-refractivity contribution >= 4 is 33.2 Å². The number of aromatic nitrogens is 3. The van der Waals surface area contributed by atoms with Gasteiger partial charge in [0.1, 0.15) is 5.82 Å². The van der Waals surface area contributed by atoms with Crippen molar-refractivity contribution in [1.82, 2.24) is 14.6 Å². The van der Waals surface area contributed by atoms with E-state index in [1.165, 1.54) is 23.5 Å². The average Bonchev–Trinajstić information content (AvgIpc) is 2.97. The van der Waals surface area contributed by atoms with Crippen molar-refractivity contribution in [2.24, 2.45) is 0 Å². The smallest absolute Gasteiger partial charge is 0.214 e. The lowest BCUT2D eigenvalue weighted by atomic mass is 10.2. The van der Waals surface area contributed by atoms with E-state index in [0.717, 1.165) is 27.1 Å². The normalized spacial score (nSPS) is 12.7. The standard InChI is InChI=1S/C14H15FN4S2/c1-9(8-20-2)16-13-18-19-7-12(17-14(19)21-13)10-3-5-11(15)6-4-10/h3-7,9H,8H2,1-2H3,(H,16,18). The molecule has 1 unspecified atom stereocenters. The number of hydrogen-bond acceptors (Lipinski definition) is 5. The highest BCUT2D eigenvalue weighted by Gasteiger charge is 2.11. The molecular weight excluding hydrogens is 307 g/mol. The van der Waals surface area contributed by atoms with Gasteiger partial charge in [0.2, 0.25) is 10.1 Å². The molecule has 2 aromatic heterocycles. The Balaban J connectivity index is 1.82. The first kappa shape index (κ1) is 14.3. The van der Waals surface area contributed by atoms with Gasteiger partial charge in [0.05, 0.1) is 11.9 Å². The molecule has 7 heteroatoms. The zero-order valence-corrected chi connectivity index (χ0v) is 13.3. The van der Waals surface area contributed by atoms with Gasteiger partial charge < -0.3 is 5.32 Å². The van der Waals surface area contributed by atoms with Gasteiger partial charge in [-0.05, 0) is 37.4 Å². The van der Waals surface area contributed by atoms with E-state index in [9.17, 15) is 4.39 Å². The fraction of sp³-hybridized carbons (Fsp3) is 0.286. The Morgan fingerprint density at radius 3 is 2.81 bits per heavy atom. The largest absolute Gasteiger partial charge is 0.357 e. The van der Waals surface area contributed by atoms with Crippen LogP contribution >= 0.6 is 23.1 Å². The van der Waals surface area contributed by atoms with E-state index < -0.39 is 0 Å². The summed E-state index contributed by atoms with van der Waals surface area (Å²) in [4.78, 5) is 5.36. The molecule has 4 nitrogen and oxygen atoms in total. The molecule has 0 spiro atoms. The van der Waals surface area contributed by atoms with Crippen molar-refractivity contribution in [3.8, 4) is 11.3 Å². The molecule has 0 amide bonds. The minimum atomic E-state index is -0.243. The average molecular weight is 322 g/mol. The molecule has 0 saturated carbocycles. The van der Waals surface area contributed by atoms with Gasteiger partial charge in [-0.1, -0.05) is 11.3 Å². The predicted molar refractivity (Wildman–Crippen MR) is 87.7 cm³/mol. The fourth-order valence-corrected chi connectivity index (χ4v) is 3.50. The predicted octanol–water partition coefficient (Wildman–Crippen LogP) is 3.76. The number of anilines is 1. The summed E-state index contributed by atoms with van der Waals surface area (Å²) in [6.45, 7) is 2.13. The van der Waals surface area contributed by atoms with Gasteiger partial charge in [0.25, 0.3) is 0 Å². The first-order valence-corrected chi connectivity index (χ1v) is 8.74. The highest BCUT2D eigenvalue weighted by molar-refractivity contribution is 7.98. The Labute approximate surface area is 130 Å². The SMILES string of the molecule is CSCC(C)Nc1nn2cc(-c3ccc(F)cc3)nc2s1. The number of benzene rings is 1. The van der Waals surface area contributed by atoms with Gasteiger partial charge >= 0.3 is 0 Å². The highest BCUT2D eigenvalue weighted by atomic mass is 32.2. The van der Waals surface area contributed by atoms with Crippen molar-refractivity contribution in [3.05, 3.63) is 36.3 Å². The molecule has 21 heavy (non-hydrogen) atoms. The lowest BCUT2D eigenvalue weighted by molar-refractivity contribution is 0.628. The zero-order valence-electron chi connectivity index (χ0n) is 11.7. The van der Waals surface area contributed by atoms with Crippen molar-refractivity contribution in [3.63, 3.8) is 0 Å². The molecule has 0 radical (unpaired) electrons. The number of imidazole rings is 1. The third-order valence-corrected chi connectivity index (χ3v) is 4.66. The third-order valence-electron chi connectivity index (χ3n) is 2.97.